The Balaban J connectivity index is 1.78. The molecule has 23 heavy (non-hydrogen) atoms. The van der Waals surface area contributed by atoms with Gasteiger partial charge in [0.15, 0.2) is 0 Å². The Morgan fingerprint density at radius 1 is 1.00 bits per heavy atom. The fourth-order valence-electron chi connectivity index (χ4n) is 1.83. The molecule has 0 saturated carbocycles. The van der Waals surface area contributed by atoms with Gasteiger partial charge in [-0.05, 0) is 17.7 Å². The molecule has 1 aromatic rings. The van der Waals surface area contributed by atoms with E-state index in [1.54, 1.807) is 48.6 Å². The maximum atomic E-state index is 11.8. The lowest BCUT2D eigenvalue weighted by atomic mass is 10.1. The molecule has 0 amide bonds. The van der Waals surface area contributed by atoms with Crippen molar-refractivity contribution < 1.29 is 23.9 Å². The second-order valence-electron chi connectivity index (χ2n) is 4.78. The van der Waals surface area contributed by atoms with Gasteiger partial charge >= 0.3 is 11.8 Å². The molecule has 0 unspecified atom stereocenters. The van der Waals surface area contributed by atoms with Crippen molar-refractivity contribution in [1.82, 2.24) is 0 Å². The van der Waals surface area contributed by atoms with Crippen LogP contribution in [0.1, 0.15) is 18.4 Å². The van der Waals surface area contributed by atoms with Gasteiger partial charge in [-0.15, -0.1) is 0 Å². The van der Waals surface area contributed by atoms with Crippen LogP contribution in [-0.4, -0.2) is 17.5 Å². The zero-order valence-electron chi connectivity index (χ0n) is 12.4. The average molecular weight is 312 g/mol. The van der Waals surface area contributed by atoms with Gasteiger partial charge in [0.05, 0.1) is 6.26 Å². The molecule has 1 aliphatic rings. The van der Waals surface area contributed by atoms with E-state index in [0.29, 0.717) is 5.76 Å². The molecule has 0 spiro atoms. The van der Waals surface area contributed by atoms with Crippen LogP contribution in [0.2, 0.25) is 0 Å². The fraction of sp³-hybridized carbons (Fsp3) is 0.167. The molecule has 0 aromatic heterocycles. The number of hydrogen-bond donors (Lipinski definition) is 0. The van der Waals surface area contributed by atoms with Gasteiger partial charge in [0, 0.05) is 12.8 Å². The molecule has 1 aliphatic heterocycles. The van der Waals surface area contributed by atoms with Crippen molar-refractivity contribution in [2.24, 2.45) is 0 Å². The van der Waals surface area contributed by atoms with Crippen molar-refractivity contribution in [3.05, 3.63) is 72.2 Å². The number of carbonyl (C=O) groups excluding carboxylic acids is 3. The summed E-state index contributed by atoms with van der Waals surface area (Å²) < 4.78 is 10.1. The van der Waals surface area contributed by atoms with Crippen molar-refractivity contribution >= 4 is 17.5 Å². The summed E-state index contributed by atoms with van der Waals surface area (Å²) in [5, 5.41) is 0. The molecule has 2 rings (SSSR count). The first-order valence-electron chi connectivity index (χ1n) is 7.14. The number of ketones is 2. The summed E-state index contributed by atoms with van der Waals surface area (Å²) in [5.74, 6) is -2.51. The Bertz CT molecular complexity index is 668. The lowest BCUT2D eigenvalue weighted by molar-refractivity contribution is -0.157. The molecule has 0 radical (unpaired) electrons. The number of allylic oxidation sites excluding steroid dienone is 5. The van der Waals surface area contributed by atoms with Gasteiger partial charge in [-0.1, -0.05) is 42.5 Å². The summed E-state index contributed by atoms with van der Waals surface area (Å²) in [6.45, 7) is -0.0391. The van der Waals surface area contributed by atoms with Crippen molar-refractivity contribution in [3.8, 4) is 0 Å². The summed E-state index contributed by atoms with van der Waals surface area (Å²) in [7, 11) is 0. The number of hydrogen-bond acceptors (Lipinski definition) is 5. The summed E-state index contributed by atoms with van der Waals surface area (Å²) in [6, 6.07) is 8.93. The molecule has 5 heteroatoms. The third-order valence-corrected chi connectivity index (χ3v) is 3.05. The Morgan fingerprint density at radius 3 is 2.57 bits per heavy atom. The topological polar surface area (TPSA) is 69.7 Å². The number of carbonyl (C=O) groups is 3. The van der Waals surface area contributed by atoms with E-state index >= 15 is 0 Å². The van der Waals surface area contributed by atoms with E-state index < -0.39 is 17.5 Å². The van der Waals surface area contributed by atoms with Gasteiger partial charge in [0.2, 0.25) is 5.78 Å². The fourth-order valence-corrected chi connectivity index (χ4v) is 1.83. The van der Waals surface area contributed by atoms with Gasteiger partial charge in [0.1, 0.15) is 12.4 Å². The second kappa shape index (κ2) is 8.48. The summed E-state index contributed by atoms with van der Waals surface area (Å²) >= 11 is 0. The SMILES string of the molecule is O=C(CCC1=CC=CC=CO1)C(=O)C(=O)OCc1ccccc1. The van der Waals surface area contributed by atoms with Crippen LogP contribution < -0.4 is 0 Å². The first-order valence-corrected chi connectivity index (χ1v) is 7.14. The molecule has 0 atom stereocenters. The van der Waals surface area contributed by atoms with Crippen LogP contribution in [0.15, 0.2) is 66.7 Å². The molecule has 5 nitrogen and oxygen atoms in total. The van der Waals surface area contributed by atoms with E-state index in [0.717, 1.165) is 5.56 Å². The number of rotatable bonds is 7. The first kappa shape index (κ1) is 16.4. The first-order chi connectivity index (χ1) is 11.2. The predicted molar refractivity (Wildman–Crippen MR) is 82.9 cm³/mol. The highest BCUT2D eigenvalue weighted by Crippen LogP contribution is 2.11. The number of benzene rings is 1. The Labute approximate surface area is 133 Å². The molecular weight excluding hydrogens is 296 g/mol. The van der Waals surface area contributed by atoms with Gasteiger partial charge in [-0.2, -0.15) is 0 Å². The average Bonchev–Trinajstić information content (AvgIpc) is 2.86. The minimum absolute atomic E-state index is 0.0391. The smallest absolute Gasteiger partial charge is 0.383 e. The number of esters is 1. The molecule has 0 aliphatic carbocycles. The van der Waals surface area contributed by atoms with Crippen molar-refractivity contribution in [2.45, 2.75) is 19.4 Å². The van der Waals surface area contributed by atoms with Crippen LogP contribution in [0.4, 0.5) is 0 Å². The Kier molecular flexibility index (Phi) is 6.06. The van der Waals surface area contributed by atoms with E-state index in [1.165, 1.54) is 6.26 Å². The van der Waals surface area contributed by atoms with Crippen LogP contribution in [0.25, 0.3) is 0 Å². The normalized spacial score (nSPS) is 12.8. The van der Waals surface area contributed by atoms with E-state index in [4.69, 9.17) is 9.47 Å². The molecule has 0 saturated heterocycles. The van der Waals surface area contributed by atoms with Crippen LogP contribution in [0.3, 0.4) is 0 Å². The highest BCUT2D eigenvalue weighted by molar-refractivity contribution is 6.62. The van der Waals surface area contributed by atoms with Crippen molar-refractivity contribution in [1.29, 1.82) is 0 Å². The molecule has 1 heterocycles. The molecule has 0 fully saturated rings. The van der Waals surface area contributed by atoms with Crippen molar-refractivity contribution in [2.75, 3.05) is 0 Å². The third-order valence-electron chi connectivity index (χ3n) is 3.05. The second-order valence-corrected chi connectivity index (χ2v) is 4.78. The Hall–Kier alpha value is -2.95. The van der Waals surface area contributed by atoms with E-state index in [-0.39, 0.29) is 19.4 Å². The van der Waals surface area contributed by atoms with E-state index in [1.807, 2.05) is 6.07 Å². The monoisotopic (exact) mass is 312 g/mol. The highest BCUT2D eigenvalue weighted by Gasteiger charge is 2.24. The van der Waals surface area contributed by atoms with E-state index in [9.17, 15) is 14.4 Å². The largest absolute Gasteiger partial charge is 0.469 e. The third kappa shape index (κ3) is 5.39. The number of Topliss-reactive ketones (excluding diaryl/α,β-unsaturated/α-hetero) is 2. The lowest BCUT2D eigenvalue weighted by Crippen LogP contribution is -2.26. The van der Waals surface area contributed by atoms with Crippen LogP contribution in [-0.2, 0) is 30.5 Å². The Morgan fingerprint density at radius 2 is 1.78 bits per heavy atom. The maximum Gasteiger partial charge on any atom is 0.383 e. The molecule has 0 N–H and O–H groups in total. The predicted octanol–water partition coefficient (Wildman–Crippen LogP) is 2.63. The van der Waals surface area contributed by atoms with Crippen LogP contribution in [0, 0.1) is 0 Å². The minimum Gasteiger partial charge on any atom is -0.469 e. The lowest BCUT2D eigenvalue weighted by Gasteiger charge is -2.05. The van der Waals surface area contributed by atoms with Crippen LogP contribution in [0.5, 0.6) is 0 Å². The highest BCUT2D eigenvalue weighted by atomic mass is 16.5. The van der Waals surface area contributed by atoms with Gasteiger partial charge in [0.25, 0.3) is 0 Å². The van der Waals surface area contributed by atoms with Crippen LogP contribution >= 0.6 is 0 Å². The zero-order chi connectivity index (χ0) is 16.5. The summed E-state index contributed by atoms with van der Waals surface area (Å²) in [6.07, 6.45) is 8.57. The van der Waals surface area contributed by atoms with E-state index in [2.05, 4.69) is 0 Å². The summed E-state index contributed by atoms with van der Waals surface area (Å²) in [5.41, 5.74) is 0.747. The van der Waals surface area contributed by atoms with Gasteiger partial charge in [-0.3, -0.25) is 9.59 Å². The van der Waals surface area contributed by atoms with Gasteiger partial charge < -0.3 is 9.47 Å². The molecule has 0 bridgehead atoms. The summed E-state index contributed by atoms with van der Waals surface area (Å²) in [4.78, 5) is 35.1. The maximum absolute atomic E-state index is 11.8. The van der Waals surface area contributed by atoms with Crippen molar-refractivity contribution in [3.63, 3.8) is 0 Å². The minimum atomic E-state index is -1.14. The molecule has 1 aromatic carbocycles. The van der Waals surface area contributed by atoms with Gasteiger partial charge in [-0.25, -0.2) is 4.79 Å². The quantitative estimate of drug-likeness (QED) is 0.440. The molecule has 118 valence electrons. The molecular formula is C18H16O5. The zero-order valence-corrected chi connectivity index (χ0v) is 12.4. The number of ether oxygens (including phenoxy) is 2. The standard InChI is InChI=1S/C18H16O5/c19-16(11-10-15-9-5-2-6-12-22-15)17(20)18(21)23-13-14-7-3-1-4-8-14/h1-9,12H,10-11,13H2.